The number of fused-ring (bicyclic) bond motifs is 1. The first-order valence-electron chi connectivity index (χ1n) is 7.09. The van der Waals surface area contributed by atoms with Gasteiger partial charge < -0.3 is 0 Å². The molecule has 2 heterocycles. The summed E-state index contributed by atoms with van der Waals surface area (Å²) in [5.74, 6) is -1.34. The Morgan fingerprint density at radius 3 is 2.68 bits per heavy atom. The van der Waals surface area contributed by atoms with Gasteiger partial charge in [-0.05, 0) is 12.1 Å². The Kier molecular flexibility index (Phi) is 5.56. The van der Waals surface area contributed by atoms with E-state index in [1.807, 2.05) is 24.3 Å². The number of thiazole rings is 1. The first-order chi connectivity index (χ1) is 12.0. The molecule has 25 heavy (non-hydrogen) atoms. The third-order valence-electron chi connectivity index (χ3n) is 3.08. The van der Waals surface area contributed by atoms with Crippen LogP contribution < -0.4 is 16.2 Å². The van der Waals surface area contributed by atoms with Gasteiger partial charge in [0.15, 0.2) is 4.34 Å². The quantitative estimate of drug-likeness (QED) is 0.515. The van der Waals surface area contributed by atoms with Crippen molar-refractivity contribution in [3.05, 3.63) is 24.3 Å². The normalized spacial score (nSPS) is 16.7. The highest BCUT2D eigenvalue weighted by molar-refractivity contribution is 8.15. The number of benzene rings is 1. The van der Waals surface area contributed by atoms with Crippen molar-refractivity contribution in [3.63, 3.8) is 0 Å². The largest absolute Gasteiger partial charge is 0.286 e. The molecule has 1 saturated heterocycles. The molecule has 8 nitrogen and oxygen atoms in total. The second kappa shape index (κ2) is 7.85. The van der Waals surface area contributed by atoms with E-state index >= 15 is 0 Å². The van der Waals surface area contributed by atoms with Crippen LogP contribution in [0.15, 0.2) is 28.6 Å². The number of imide groups is 1. The number of carbonyl (C=O) groups is 4. The van der Waals surface area contributed by atoms with Gasteiger partial charge in [-0.15, -0.1) is 11.3 Å². The van der Waals surface area contributed by atoms with Crippen LogP contribution in [0.4, 0.5) is 4.79 Å². The zero-order chi connectivity index (χ0) is 17.8. The molecular formula is C14H12N4O4S3. The van der Waals surface area contributed by atoms with Gasteiger partial charge in [-0.2, -0.15) is 0 Å². The van der Waals surface area contributed by atoms with E-state index in [0.29, 0.717) is 0 Å². The molecular weight excluding hydrogens is 384 g/mol. The Hall–Kier alpha value is -2.11. The number of para-hydroxylation sites is 1. The molecule has 1 aliphatic rings. The van der Waals surface area contributed by atoms with Gasteiger partial charge in [0, 0.05) is 6.42 Å². The summed E-state index contributed by atoms with van der Waals surface area (Å²) in [5, 5.41) is 0.860. The fourth-order valence-corrected chi connectivity index (χ4v) is 4.65. The van der Waals surface area contributed by atoms with Crippen LogP contribution in [-0.2, 0) is 14.4 Å². The third-order valence-corrected chi connectivity index (χ3v) is 6.24. The van der Waals surface area contributed by atoms with Crippen molar-refractivity contribution in [2.24, 2.45) is 0 Å². The summed E-state index contributed by atoms with van der Waals surface area (Å²) in [4.78, 5) is 50.3. The Morgan fingerprint density at radius 2 is 1.96 bits per heavy atom. The summed E-state index contributed by atoms with van der Waals surface area (Å²) in [5.41, 5.74) is 5.39. The third kappa shape index (κ3) is 4.71. The van der Waals surface area contributed by atoms with Crippen LogP contribution in [0.1, 0.15) is 6.42 Å². The smallest absolute Gasteiger partial charge is 0.286 e. The molecule has 11 heteroatoms. The van der Waals surface area contributed by atoms with E-state index in [1.54, 1.807) is 0 Å². The van der Waals surface area contributed by atoms with Crippen LogP contribution in [0.2, 0.25) is 0 Å². The molecule has 4 amide bonds. The minimum atomic E-state index is -0.762. The van der Waals surface area contributed by atoms with Gasteiger partial charge >= 0.3 is 0 Å². The Morgan fingerprint density at radius 1 is 1.20 bits per heavy atom. The van der Waals surface area contributed by atoms with E-state index < -0.39 is 28.2 Å². The van der Waals surface area contributed by atoms with Crippen LogP contribution in [0.5, 0.6) is 0 Å². The molecule has 0 radical (unpaired) electrons. The van der Waals surface area contributed by atoms with E-state index in [1.165, 1.54) is 23.1 Å². The number of carbonyl (C=O) groups excluding carboxylic acids is 4. The van der Waals surface area contributed by atoms with Gasteiger partial charge in [-0.25, -0.2) is 4.98 Å². The first kappa shape index (κ1) is 17.7. The molecule has 0 saturated carbocycles. The average Bonchev–Trinajstić information content (AvgIpc) is 3.13. The summed E-state index contributed by atoms with van der Waals surface area (Å²) < 4.78 is 1.81. The highest BCUT2D eigenvalue weighted by atomic mass is 32.2. The maximum atomic E-state index is 11.8. The summed E-state index contributed by atoms with van der Waals surface area (Å²) in [6.07, 6.45) is -0.187. The van der Waals surface area contributed by atoms with E-state index in [0.717, 1.165) is 26.3 Å². The average molecular weight is 396 g/mol. The monoisotopic (exact) mass is 396 g/mol. The van der Waals surface area contributed by atoms with Gasteiger partial charge in [-0.1, -0.05) is 35.7 Å². The zero-order valence-corrected chi connectivity index (χ0v) is 15.1. The van der Waals surface area contributed by atoms with E-state index in [9.17, 15) is 19.2 Å². The lowest BCUT2D eigenvalue weighted by Gasteiger charge is -2.08. The predicted molar refractivity (Wildman–Crippen MR) is 96.2 cm³/mol. The highest BCUT2D eigenvalue weighted by Gasteiger charge is 2.33. The van der Waals surface area contributed by atoms with Crippen LogP contribution in [0.3, 0.4) is 0 Å². The number of hydrazine groups is 1. The number of thioether (sulfide) groups is 2. The van der Waals surface area contributed by atoms with E-state index in [4.69, 9.17) is 0 Å². The molecule has 0 aliphatic carbocycles. The lowest BCUT2D eigenvalue weighted by molar-refractivity contribution is -0.128. The molecule has 3 rings (SSSR count). The molecule has 1 aromatic heterocycles. The number of rotatable bonds is 5. The molecule has 0 spiro atoms. The van der Waals surface area contributed by atoms with Crippen molar-refractivity contribution in [3.8, 4) is 0 Å². The maximum Gasteiger partial charge on any atom is 0.286 e. The molecule has 1 aliphatic heterocycles. The Balaban J connectivity index is 1.41. The number of hydrogen-bond donors (Lipinski definition) is 3. The summed E-state index contributed by atoms with van der Waals surface area (Å²) in [6, 6.07) is 7.68. The fourth-order valence-electron chi connectivity index (χ4n) is 1.96. The number of amides is 4. The molecule has 1 fully saturated rings. The number of nitrogens with one attached hydrogen (secondary N) is 3. The first-order valence-corrected chi connectivity index (χ1v) is 9.77. The van der Waals surface area contributed by atoms with Crippen LogP contribution in [0, 0.1) is 0 Å². The van der Waals surface area contributed by atoms with Gasteiger partial charge in [0.05, 0.1) is 16.0 Å². The number of aromatic nitrogens is 1. The molecule has 2 aromatic rings. The van der Waals surface area contributed by atoms with Crippen molar-refractivity contribution in [1.82, 2.24) is 21.2 Å². The second-order valence-electron chi connectivity index (χ2n) is 4.92. The zero-order valence-electron chi connectivity index (χ0n) is 12.6. The lowest BCUT2D eigenvalue weighted by atomic mass is 10.3. The van der Waals surface area contributed by atoms with E-state index in [-0.39, 0.29) is 12.2 Å². The molecule has 0 bridgehead atoms. The van der Waals surface area contributed by atoms with Crippen LogP contribution >= 0.6 is 34.9 Å². The van der Waals surface area contributed by atoms with Gasteiger partial charge in [0.2, 0.25) is 17.7 Å². The van der Waals surface area contributed by atoms with Gasteiger partial charge in [0.25, 0.3) is 5.24 Å². The fraction of sp³-hybridized carbons (Fsp3) is 0.214. The summed E-state index contributed by atoms with van der Waals surface area (Å²) >= 11 is 3.52. The molecule has 0 unspecified atom stereocenters. The number of nitrogens with zero attached hydrogens (tertiary/aromatic N) is 1. The topological polar surface area (TPSA) is 117 Å². The Bertz CT molecular complexity index is 820. The molecule has 3 N–H and O–H groups in total. The molecule has 130 valence electrons. The predicted octanol–water partition coefficient (Wildman–Crippen LogP) is 1.28. The van der Waals surface area contributed by atoms with Crippen molar-refractivity contribution in [2.45, 2.75) is 16.0 Å². The Labute approximate surface area is 154 Å². The molecule has 1 aromatic carbocycles. The van der Waals surface area contributed by atoms with Crippen LogP contribution in [0.25, 0.3) is 10.2 Å². The van der Waals surface area contributed by atoms with Crippen molar-refractivity contribution in [1.29, 1.82) is 0 Å². The van der Waals surface area contributed by atoms with Crippen LogP contribution in [-0.4, -0.2) is 38.9 Å². The van der Waals surface area contributed by atoms with E-state index in [2.05, 4.69) is 21.2 Å². The summed E-state index contributed by atoms with van der Waals surface area (Å²) in [6.45, 7) is 0. The standard InChI is InChI=1S/C14H12N4O4S3/c19-10(5-9-12(21)16-13(22)24-9)17-18-11(20)6-23-14-15-7-3-1-2-4-8(7)25-14/h1-4,9H,5-6H2,(H,17,19)(H,18,20)(H,16,21,22)/t9-/m0/s1. The minimum Gasteiger partial charge on any atom is -0.286 e. The minimum absolute atomic E-state index is 0.0945. The van der Waals surface area contributed by atoms with Crippen molar-refractivity contribution >= 4 is 68.0 Å². The van der Waals surface area contributed by atoms with Gasteiger partial charge in [-0.3, -0.25) is 35.3 Å². The molecule has 1 atom stereocenters. The van der Waals surface area contributed by atoms with Crippen molar-refractivity contribution < 1.29 is 19.2 Å². The van der Waals surface area contributed by atoms with Gasteiger partial charge in [0.1, 0.15) is 5.25 Å². The maximum absolute atomic E-state index is 11.8. The lowest BCUT2D eigenvalue weighted by Crippen LogP contribution is -2.44. The summed E-state index contributed by atoms with van der Waals surface area (Å²) in [7, 11) is 0. The van der Waals surface area contributed by atoms with Crippen molar-refractivity contribution in [2.75, 3.05) is 5.75 Å². The SMILES string of the molecule is O=C(CSc1nc2ccccc2s1)NNC(=O)C[C@@H]1SC(=O)NC1=O. The highest BCUT2D eigenvalue weighted by Crippen LogP contribution is 2.29. The number of hydrogen-bond acceptors (Lipinski definition) is 8. The second-order valence-corrected chi connectivity index (χ2v) is 8.35.